The minimum atomic E-state index is 0.213. The Morgan fingerprint density at radius 1 is 1.16 bits per heavy atom. The fourth-order valence-corrected chi connectivity index (χ4v) is 4.98. The molecule has 1 aliphatic heterocycles. The number of amides is 1. The topological polar surface area (TPSA) is 32.8 Å². The summed E-state index contributed by atoms with van der Waals surface area (Å²) in [6, 6.07) is 16.6. The molecule has 1 unspecified atom stereocenters. The predicted octanol–water partition coefficient (Wildman–Crippen LogP) is 4.44. The Labute approximate surface area is 186 Å². The zero-order valence-corrected chi connectivity index (χ0v) is 18.8. The second-order valence-corrected chi connectivity index (χ2v) is 8.76. The van der Waals surface area contributed by atoms with Gasteiger partial charge >= 0.3 is 0 Å². The molecular weight excluding hydrogens is 384 g/mol. The van der Waals surface area contributed by atoms with E-state index in [2.05, 4.69) is 53.1 Å². The van der Waals surface area contributed by atoms with E-state index >= 15 is 0 Å². The molecule has 0 spiro atoms. The van der Waals surface area contributed by atoms with E-state index in [0.717, 1.165) is 56.9 Å². The van der Waals surface area contributed by atoms with Crippen molar-refractivity contribution >= 4 is 12.0 Å². The largest absolute Gasteiger partial charge is 0.496 e. The van der Waals surface area contributed by atoms with Crippen molar-refractivity contribution in [3.05, 3.63) is 70.8 Å². The van der Waals surface area contributed by atoms with E-state index in [1.165, 1.54) is 29.5 Å². The number of fused-ring (bicyclic) bond motifs is 1. The standard InChI is InChI=1S/C27H34N2O2/c1-3-29(27(30)25-17-23-11-4-5-12-24(23)18-25)20-21-9-8-15-28(19-21)16-14-22-10-6-7-13-26(22)31-2/h4-7,10-13,17,21H,3,8-9,14-16,18-20H2,1-2H3. The fourth-order valence-electron chi connectivity index (χ4n) is 4.98. The number of carbonyl (C=O) groups is 1. The van der Waals surface area contributed by atoms with E-state index in [0.29, 0.717) is 5.92 Å². The molecule has 0 bridgehead atoms. The third kappa shape index (κ3) is 5.19. The molecular formula is C27H34N2O2. The van der Waals surface area contributed by atoms with Crippen molar-refractivity contribution in [2.24, 2.45) is 5.92 Å². The van der Waals surface area contributed by atoms with E-state index in [-0.39, 0.29) is 5.91 Å². The first kappa shape index (κ1) is 21.6. The van der Waals surface area contributed by atoms with E-state index in [1.807, 2.05) is 18.2 Å². The summed E-state index contributed by atoms with van der Waals surface area (Å²) in [5, 5.41) is 0. The van der Waals surface area contributed by atoms with Gasteiger partial charge < -0.3 is 14.5 Å². The number of rotatable bonds is 8. The fraction of sp³-hybridized carbons (Fsp3) is 0.444. The number of piperidine rings is 1. The van der Waals surface area contributed by atoms with Gasteiger partial charge in [-0.15, -0.1) is 0 Å². The van der Waals surface area contributed by atoms with Crippen LogP contribution in [0.2, 0.25) is 0 Å². The molecule has 1 saturated heterocycles. The lowest BCUT2D eigenvalue weighted by Gasteiger charge is -2.35. The van der Waals surface area contributed by atoms with Crippen LogP contribution in [-0.4, -0.2) is 55.5 Å². The van der Waals surface area contributed by atoms with E-state index in [4.69, 9.17) is 4.74 Å². The van der Waals surface area contributed by atoms with Crippen LogP contribution in [0.1, 0.15) is 36.5 Å². The van der Waals surface area contributed by atoms with Gasteiger partial charge in [-0.05, 0) is 67.5 Å². The summed E-state index contributed by atoms with van der Waals surface area (Å²) in [6.07, 6.45) is 6.25. The molecule has 0 saturated carbocycles. The molecule has 1 amide bonds. The second-order valence-electron chi connectivity index (χ2n) is 8.76. The molecule has 2 aliphatic rings. The van der Waals surface area contributed by atoms with Crippen LogP contribution in [0.25, 0.3) is 6.08 Å². The van der Waals surface area contributed by atoms with Gasteiger partial charge in [0.25, 0.3) is 0 Å². The molecule has 0 radical (unpaired) electrons. The first-order valence-corrected chi connectivity index (χ1v) is 11.6. The van der Waals surface area contributed by atoms with Crippen LogP contribution in [0.4, 0.5) is 0 Å². The van der Waals surface area contributed by atoms with Gasteiger partial charge in [-0.2, -0.15) is 0 Å². The van der Waals surface area contributed by atoms with Crippen molar-refractivity contribution in [1.82, 2.24) is 9.80 Å². The molecule has 1 fully saturated rings. The van der Waals surface area contributed by atoms with Crippen LogP contribution < -0.4 is 4.74 Å². The zero-order valence-electron chi connectivity index (χ0n) is 18.8. The molecule has 0 N–H and O–H groups in total. The quantitative estimate of drug-likeness (QED) is 0.635. The minimum absolute atomic E-state index is 0.213. The highest BCUT2D eigenvalue weighted by molar-refractivity contribution is 6.00. The van der Waals surface area contributed by atoms with Crippen LogP contribution >= 0.6 is 0 Å². The van der Waals surface area contributed by atoms with Gasteiger partial charge in [-0.25, -0.2) is 0 Å². The third-order valence-electron chi connectivity index (χ3n) is 6.68. The average molecular weight is 419 g/mol. The molecule has 4 rings (SSSR count). The Hall–Kier alpha value is -2.59. The van der Waals surface area contributed by atoms with Crippen LogP contribution in [0.5, 0.6) is 5.75 Å². The number of likely N-dealkylation sites (tertiary alicyclic amines) is 1. The van der Waals surface area contributed by atoms with E-state index in [1.54, 1.807) is 7.11 Å². The Bertz CT molecular complexity index is 936. The van der Waals surface area contributed by atoms with Crippen molar-refractivity contribution in [2.75, 3.05) is 39.8 Å². The highest BCUT2D eigenvalue weighted by Crippen LogP contribution is 2.27. The normalized spacial score (nSPS) is 18.4. The molecule has 1 heterocycles. The SMILES string of the molecule is CCN(CC1CCCN(CCc2ccccc2OC)C1)C(=O)C1=Cc2ccccc2C1. The Morgan fingerprint density at radius 2 is 1.97 bits per heavy atom. The van der Waals surface area contributed by atoms with Crippen molar-refractivity contribution < 1.29 is 9.53 Å². The highest BCUT2D eigenvalue weighted by Gasteiger charge is 2.27. The number of hydrogen-bond acceptors (Lipinski definition) is 3. The highest BCUT2D eigenvalue weighted by atomic mass is 16.5. The van der Waals surface area contributed by atoms with Gasteiger partial charge in [0.2, 0.25) is 5.91 Å². The van der Waals surface area contributed by atoms with Crippen molar-refractivity contribution in [3.63, 3.8) is 0 Å². The monoisotopic (exact) mass is 418 g/mol. The molecule has 0 aromatic heterocycles. The van der Waals surface area contributed by atoms with Crippen molar-refractivity contribution in [2.45, 2.75) is 32.6 Å². The number of carbonyl (C=O) groups excluding carboxylic acids is 1. The molecule has 4 nitrogen and oxygen atoms in total. The molecule has 2 aromatic carbocycles. The molecule has 31 heavy (non-hydrogen) atoms. The first-order chi connectivity index (χ1) is 15.2. The van der Waals surface area contributed by atoms with E-state index in [9.17, 15) is 4.79 Å². The van der Waals surface area contributed by atoms with Crippen LogP contribution in [0.3, 0.4) is 0 Å². The van der Waals surface area contributed by atoms with E-state index < -0.39 is 0 Å². The van der Waals surface area contributed by atoms with Crippen LogP contribution in [-0.2, 0) is 17.6 Å². The smallest absolute Gasteiger partial charge is 0.250 e. The first-order valence-electron chi connectivity index (χ1n) is 11.6. The lowest BCUT2D eigenvalue weighted by Crippen LogP contribution is -2.43. The number of para-hydroxylation sites is 1. The van der Waals surface area contributed by atoms with Gasteiger partial charge in [0.1, 0.15) is 5.75 Å². The molecule has 1 aliphatic carbocycles. The summed E-state index contributed by atoms with van der Waals surface area (Å²) < 4.78 is 5.50. The average Bonchev–Trinajstić information content (AvgIpc) is 3.25. The molecule has 164 valence electrons. The van der Waals surface area contributed by atoms with Crippen LogP contribution in [0.15, 0.2) is 54.1 Å². The van der Waals surface area contributed by atoms with Gasteiger partial charge in [-0.3, -0.25) is 4.79 Å². The molecule has 4 heteroatoms. The summed E-state index contributed by atoms with van der Waals surface area (Å²) in [5.74, 6) is 1.73. The zero-order chi connectivity index (χ0) is 21.6. The maximum atomic E-state index is 13.2. The van der Waals surface area contributed by atoms with Gasteiger partial charge in [0.15, 0.2) is 0 Å². The summed E-state index contributed by atoms with van der Waals surface area (Å²) >= 11 is 0. The molecule has 1 atom stereocenters. The summed E-state index contributed by atoms with van der Waals surface area (Å²) in [7, 11) is 1.74. The maximum Gasteiger partial charge on any atom is 0.250 e. The maximum absolute atomic E-state index is 13.2. The Morgan fingerprint density at radius 3 is 2.77 bits per heavy atom. The van der Waals surface area contributed by atoms with Gasteiger partial charge in [-0.1, -0.05) is 42.5 Å². The lowest BCUT2D eigenvalue weighted by molar-refractivity contribution is -0.127. The predicted molar refractivity (Wildman–Crippen MR) is 126 cm³/mol. The van der Waals surface area contributed by atoms with Crippen molar-refractivity contribution in [3.8, 4) is 5.75 Å². The van der Waals surface area contributed by atoms with Gasteiger partial charge in [0.05, 0.1) is 7.11 Å². The van der Waals surface area contributed by atoms with Gasteiger partial charge in [0, 0.05) is 38.2 Å². The second kappa shape index (κ2) is 10.1. The minimum Gasteiger partial charge on any atom is -0.496 e. The summed E-state index contributed by atoms with van der Waals surface area (Å²) in [5.41, 5.74) is 4.67. The molecule has 2 aromatic rings. The Kier molecular flexibility index (Phi) is 7.08. The number of ether oxygens (including phenoxy) is 1. The number of nitrogens with zero attached hydrogens (tertiary/aromatic N) is 2. The van der Waals surface area contributed by atoms with Crippen LogP contribution in [0, 0.1) is 5.92 Å². The lowest BCUT2D eigenvalue weighted by atomic mass is 9.96. The third-order valence-corrected chi connectivity index (χ3v) is 6.68. The number of hydrogen-bond donors (Lipinski definition) is 0. The summed E-state index contributed by atoms with van der Waals surface area (Å²) in [4.78, 5) is 17.8. The number of benzene rings is 2. The summed E-state index contributed by atoms with van der Waals surface area (Å²) in [6.45, 7) is 6.98. The number of likely N-dealkylation sites (N-methyl/N-ethyl adjacent to an activating group) is 1. The van der Waals surface area contributed by atoms with Crippen molar-refractivity contribution in [1.29, 1.82) is 0 Å². The Balaban J connectivity index is 1.32. The number of methoxy groups -OCH3 is 1.